The lowest BCUT2D eigenvalue weighted by Crippen LogP contribution is -2.38. The molecule has 0 radical (unpaired) electrons. The molecule has 6 nitrogen and oxygen atoms in total. The number of nitrogens with one attached hydrogen (secondary N) is 2. The summed E-state index contributed by atoms with van der Waals surface area (Å²) in [6, 6.07) is 8.08. The highest BCUT2D eigenvalue weighted by Crippen LogP contribution is 2.27. The van der Waals surface area contributed by atoms with E-state index in [9.17, 15) is 4.79 Å². The Balaban J connectivity index is 1.75. The number of carbonyl (C=O) groups excluding carboxylic acids is 1. The number of fused-ring (bicyclic) bond motifs is 1. The minimum absolute atomic E-state index is 0.0409. The second-order valence-corrected chi connectivity index (χ2v) is 6.37. The van der Waals surface area contributed by atoms with Crippen LogP contribution in [0, 0.1) is 5.92 Å². The summed E-state index contributed by atoms with van der Waals surface area (Å²) in [5, 5.41) is 7.12. The van der Waals surface area contributed by atoms with Crippen molar-refractivity contribution in [3.8, 4) is 0 Å². The van der Waals surface area contributed by atoms with Crippen LogP contribution in [0.4, 0.5) is 11.8 Å². The zero-order valence-electron chi connectivity index (χ0n) is 14.4. The highest BCUT2D eigenvalue weighted by Gasteiger charge is 2.22. The van der Waals surface area contributed by atoms with Gasteiger partial charge in [-0.15, -0.1) is 0 Å². The van der Waals surface area contributed by atoms with Gasteiger partial charge in [0.15, 0.2) is 0 Å². The van der Waals surface area contributed by atoms with E-state index in [1.807, 2.05) is 31.3 Å². The van der Waals surface area contributed by atoms with Gasteiger partial charge in [-0.2, -0.15) is 4.98 Å². The van der Waals surface area contributed by atoms with E-state index in [4.69, 9.17) is 9.97 Å². The lowest BCUT2D eigenvalue weighted by molar-refractivity contribution is -0.119. The van der Waals surface area contributed by atoms with Crippen molar-refractivity contribution in [1.82, 2.24) is 15.3 Å². The third-order valence-electron chi connectivity index (χ3n) is 4.56. The molecule has 1 aromatic heterocycles. The number of para-hydroxylation sites is 1. The monoisotopic (exact) mass is 327 g/mol. The largest absolute Gasteiger partial charge is 0.372 e. The van der Waals surface area contributed by atoms with Gasteiger partial charge in [-0.25, -0.2) is 4.98 Å². The van der Waals surface area contributed by atoms with Crippen molar-refractivity contribution in [1.29, 1.82) is 0 Å². The van der Waals surface area contributed by atoms with Crippen molar-refractivity contribution in [3.05, 3.63) is 24.3 Å². The highest BCUT2D eigenvalue weighted by atomic mass is 16.1. The number of amides is 1. The quantitative estimate of drug-likeness (QED) is 0.882. The first-order chi connectivity index (χ1) is 11.7. The maximum absolute atomic E-state index is 11.0. The number of carbonyl (C=O) groups is 1. The van der Waals surface area contributed by atoms with Gasteiger partial charge < -0.3 is 15.5 Å². The molecular weight excluding hydrogens is 302 g/mol. The van der Waals surface area contributed by atoms with E-state index in [-0.39, 0.29) is 5.91 Å². The molecule has 2 N–H and O–H groups in total. The molecule has 24 heavy (non-hydrogen) atoms. The lowest BCUT2D eigenvalue weighted by atomic mass is 9.95. The van der Waals surface area contributed by atoms with E-state index in [0.29, 0.717) is 5.92 Å². The van der Waals surface area contributed by atoms with E-state index in [2.05, 4.69) is 15.5 Å². The molecule has 1 aliphatic heterocycles. The van der Waals surface area contributed by atoms with Gasteiger partial charge in [0.1, 0.15) is 5.82 Å². The van der Waals surface area contributed by atoms with Crippen LogP contribution < -0.4 is 15.5 Å². The highest BCUT2D eigenvalue weighted by molar-refractivity contribution is 5.89. The molecule has 1 aromatic carbocycles. The standard InChI is InChI=1S/C18H25N5O/c1-13(24)20-10-9-14-6-5-11-23(12-14)18-21-16-8-4-3-7-15(16)17(19-2)22-18/h3-4,7-8,14H,5-6,9-12H2,1-2H3,(H,20,24)(H,19,21,22). The first kappa shape index (κ1) is 16.5. The van der Waals surface area contributed by atoms with E-state index < -0.39 is 0 Å². The molecule has 128 valence electrons. The Morgan fingerprint density at radius 2 is 2.17 bits per heavy atom. The Labute approximate surface area is 142 Å². The zero-order chi connectivity index (χ0) is 16.9. The maximum Gasteiger partial charge on any atom is 0.227 e. The van der Waals surface area contributed by atoms with Crippen LogP contribution in [0.2, 0.25) is 0 Å². The number of anilines is 2. The van der Waals surface area contributed by atoms with Crippen molar-refractivity contribution >= 4 is 28.6 Å². The van der Waals surface area contributed by atoms with Gasteiger partial charge >= 0.3 is 0 Å². The Morgan fingerprint density at radius 1 is 1.33 bits per heavy atom. The summed E-state index contributed by atoms with van der Waals surface area (Å²) in [5.41, 5.74) is 0.965. The second-order valence-electron chi connectivity index (χ2n) is 6.37. The molecule has 1 fully saturated rings. The molecule has 1 saturated heterocycles. The Hall–Kier alpha value is -2.37. The van der Waals surface area contributed by atoms with Crippen LogP contribution in [0.15, 0.2) is 24.3 Å². The lowest BCUT2D eigenvalue weighted by Gasteiger charge is -2.33. The predicted octanol–water partition coefficient (Wildman–Crippen LogP) is 2.41. The molecule has 1 atom stereocenters. The fourth-order valence-electron chi connectivity index (χ4n) is 3.33. The van der Waals surface area contributed by atoms with E-state index >= 15 is 0 Å². The van der Waals surface area contributed by atoms with Gasteiger partial charge in [0.25, 0.3) is 0 Å². The number of hydrogen-bond acceptors (Lipinski definition) is 5. The van der Waals surface area contributed by atoms with Crippen molar-refractivity contribution in [3.63, 3.8) is 0 Å². The molecule has 0 spiro atoms. The van der Waals surface area contributed by atoms with E-state index in [1.54, 1.807) is 6.92 Å². The average molecular weight is 327 g/mol. The minimum Gasteiger partial charge on any atom is -0.372 e. The van der Waals surface area contributed by atoms with E-state index in [1.165, 1.54) is 6.42 Å². The summed E-state index contributed by atoms with van der Waals surface area (Å²) < 4.78 is 0. The van der Waals surface area contributed by atoms with Gasteiger partial charge in [-0.05, 0) is 37.3 Å². The summed E-state index contributed by atoms with van der Waals surface area (Å²) in [6.45, 7) is 4.24. The maximum atomic E-state index is 11.0. The van der Waals surface area contributed by atoms with Crippen LogP contribution in [0.5, 0.6) is 0 Å². The van der Waals surface area contributed by atoms with Gasteiger partial charge in [0, 0.05) is 39.0 Å². The molecule has 1 amide bonds. The van der Waals surface area contributed by atoms with Crippen LogP contribution in [0.25, 0.3) is 10.9 Å². The summed E-state index contributed by atoms with van der Waals surface area (Å²) >= 11 is 0. The number of piperidine rings is 1. The van der Waals surface area contributed by atoms with Crippen LogP contribution in [0.1, 0.15) is 26.2 Å². The van der Waals surface area contributed by atoms with Gasteiger partial charge in [-0.1, -0.05) is 12.1 Å². The molecule has 1 unspecified atom stereocenters. The Kier molecular flexibility index (Phi) is 5.13. The summed E-state index contributed by atoms with van der Waals surface area (Å²) in [5.74, 6) is 2.27. The van der Waals surface area contributed by atoms with Crippen molar-refractivity contribution in [2.75, 3.05) is 36.9 Å². The van der Waals surface area contributed by atoms with E-state index in [0.717, 1.165) is 55.1 Å². The number of hydrogen-bond donors (Lipinski definition) is 2. The molecule has 2 aromatic rings. The van der Waals surface area contributed by atoms with Gasteiger partial charge in [0.2, 0.25) is 11.9 Å². The third kappa shape index (κ3) is 3.75. The fourth-order valence-corrected chi connectivity index (χ4v) is 3.33. The van der Waals surface area contributed by atoms with Crippen LogP contribution >= 0.6 is 0 Å². The Morgan fingerprint density at radius 3 is 2.96 bits per heavy atom. The second kappa shape index (κ2) is 7.47. The van der Waals surface area contributed by atoms with Crippen LogP contribution in [-0.2, 0) is 4.79 Å². The molecule has 6 heteroatoms. The molecule has 0 saturated carbocycles. The van der Waals surface area contributed by atoms with Crippen molar-refractivity contribution in [2.24, 2.45) is 5.92 Å². The minimum atomic E-state index is 0.0409. The summed E-state index contributed by atoms with van der Waals surface area (Å²) in [4.78, 5) is 22.8. The number of benzene rings is 1. The SMILES string of the molecule is CNc1nc(N2CCCC(CCNC(C)=O)C2)nc2ccccc12. The first-order valence-electron chi connectivity index (χ1n) is 8.61. The van der Waals surface area contributed by atoms with Crippen LogP contribution in [-0.4, -0.2) is 42.6 Å². The van der Waals surface area contributed by atoms with Crippen molar-refractivity contribution in [2.45, 2.75) is 26.2 Å². The zero-order valence-corrected chi connectivity index (χ0v) is 14.4. The molecule has 2 heterocycles. The normalized spacial score (nSPS) is 17.8. The molecule has 0 aliphatic carbocycles. The molecule has 3 rings (SSSR count). The summed E-state index contributed by atoms with van der Waals surface area (Å²) in [6.07, 6.45) is 3.33. The topological polar surface area (TPSA) is 70.2 Å². The molecule has 1 aliphatic rings. The first-order valence-corrected chi connectivity index (χ1v) is 8.61. The smallest absolute Gasteiger partial charge is 0.227 e. The number of nitrogens with zero attached hydrogens (tertiary/aromatic N) is 3. The van der Waals surface area contributed by atoms with Gasteiger partial charge in [0.05, 0.1) is 5.52 Å². The predicted molar refractivity (Wildman–Crippen MR) is 97.3 cm³/mol. The van der Waals surface area contributed by atoms with Crippen molar-refractivity contribution < 1.29 is 4.79 Å². The molecule has 0 bridgehead atoms. The number of rotatable bonds is 5. The van der Waals surface area contributed by atoms with Gasteiger partial charge in [-0.3, -0.25) is 4.79 Å². The van der Waals surface area contributed by atoms with Crippen LogP contribution in [0.3, 0.4) is 0 Å². The fraction of sp³-hybridized carbons (Fsp3) is 0.500. The number of aromatic nitrogens is 2. The Bertz CT molecular complexity index is 718. The third-order valence-corrected chi connectivity index (χ3v) is 4.56. The molecular formula is C18H25N5O. The summed E-state index contributed by atoms with van der Waals surface area (Å²) in [7, 11) is 1.89. The average Bonchev–Trinajstić information content (AvgIpc) is 2.60.